The van der Waals surface area contributed by atoms with E-state index in [-0.39, 0.29) is 12.7 Å². The van der Waals surface area contributed by atoms with Crippen molar-refractivity contribution in [2.45, 2.75) is 32.1 Å². The number of carbonyl (C=O) groups is 1. The first-order valence-electron chi connectivity index (χ1n) is 6.47. The van der Waals surface area contributed by atoms with E-state index in [4.69, 9.17) is 9.47 Å². The van der Waals surface area contributed by atoms with E-state index >= 15 is 0 Å². The second-order valence-electron chi connectivity index (χ2n) is 4.87. The molecule has 1 aliphatic rings. The molecule has 3 nitrogen and oxygen atoms in total. The molecule has 18 heavy (non-hydrogen) atoms. The lowest BCUT2D eigenvalue weighted by atomic mass is 9.76. The fourth-order valence-corrected chi connectivity index (χ4v) is 2.59. The van der Waals surface area contributed by atoms with Crippen LogP contribution in [0.2, 0.25) is 0 Å². The van der Waals surface area contributed by atoms with Crippen LogP contribution in [0.25, 0.3) is 0 Å². The van der Waals surface area contributed by atoms with Gasteiger partial charge < -0.3 is 9.47 Å². The van der Waals surface area contributed by atoms with Gasteiger partial charge in [-0.3, -0.25) is 4.79 Å². The lowest BCUT2D eigenvalue weighted by Crippen LogP contribution is -2.24. The standard InChI is InChI=1S/C15H20O3/c1-11-14(4-3-5-15(11)16)12-6-8-13(9-7-12)18-10-17-2/h6-9,11,14H,3-5,10H2,1-2H3/t11-,14+/m1/s1. The van der Waals surface area contributed by atoms with Gasteiger partial charge >= 0.3 is 0 Å². The number of hydrogen-bond donors (Lipinski definition) is 0. The van der Waals surface area contributed by atoms with Gasteiger partial charge in [-0.1, -0.05) is 19.1 Å². The van der Waals surface area contributed by atoms with Crippen molar-refractivity contribution in [2.24, 2.45) is 5.92 Å². The van der Waals surface area contributed by atoms with Gasteiger partial charge in [0.15, 0.2) is 6.79 Å². The summed E-state index contributed by atoms with van der Waals surface area (Å²) >= 11 is 0. The Hall–Kier alpha value is -1.35. The second kappa shape index (κ2) is 6.01. The fraction of sp³-hybridized carbons (Fsp3) is 0.533. The van der Waals surface area contributed by atoms with Crippen molar-refractivity contribution >= 4 is 5.78 Å². The molecule has 1 aromatic carbocycles. The minimum absolute atomic E-state index is 0.143. The molecule has 0 amide bonds. The highest BCUT2D eigenvalue weighted by Crippen LogP contribution is 2.36. The molecule has 0 radical (unpaired) electrons. The lowest BCUT2D eigenvalue weighted by Gasteiger charge is -2.28. The van der Waals surface area contributed by atoms with E-state index in [0.29, 0.717) is 11.7 Å². The number of hydrogen-bond acceptors (Lipinski definition) is 3. The third kappa shape index (κ3) is 2.91. The Labute approximate surface area is 108 Å². The lowest BCUT2D eigenvalue weighted by molar-refractivity contribution is -0.124. The van der Waals surface area contributed by atoms with Crippen LogP contribution in [0.5, 0.6) is 5.75 Å². The molecule has 0 aliphatic heterocycles. The molecule has 3 heteroatoms. The monoisotopic (exact) mass is 248 g/mol. The van der Waals surface area contributed by atoms with Crippen LogP contribution in [-0.4, -0.2) is 19.7 Å². The average molecular weight is 248 g/mol. The summed E-state index contributed by atoms with van der Waals surface area (Å²) in [6.07, 6.45) is 2.85. The van der Waals surface area contributed by atoms with Crippen molar-refractivity contribution in [2.75, 3.05) is 13.9 Å². The summed E-state index contributed by atoms with van der Waals surface area (Å²) in [6, 6.07) is 8.01. The number of methoxy groups -OCH3 is 1. The first kappa shape index (κ1) is 13.1. The van der Waals surface area contributed by atoms with E-state index in [0.717, 1.165) is 25.0 Å². The van der Waals surface area contributed by atoms with Gasteiger partial charge in [0.05, 0.1) is 0 Å². The first-order chi connectivity index (χ1) is 8.72. The Morgan fingerprint density at radius 1 is 1.28 bits per heavy atom. The van der Waals surface area contributed by atoms with Gasteiger partial charge in [-0.15, -0.1) is 0 Å². The summed E-state index contributed by atoms with van der Waals surface area (Å²) in [4.78, 5) is 11.7. The summed E-state index contributed by atoms with van der Waals surface area (Å²) in [5, 5.41) is 0. The maximum atomic E-state index is 11.7. The average Bonchev–Trinajstić information content (AvgIpc) is 2.40. The zero-order chi connectivity index (χ0) is 13.0. The molecule has 0 heterocycles. The molecule has 0 bridgehead atoms. The van der Waals surface area contributed by atoms with E-state index in [9.17, 15) is 4.79 Å². The Morgan fingerprint density at radius 3 is 2.67 bits per heavy atom. The summed E-state index contributed by atoms with van der Waals surface area (Å²) in [7, 11) is 1.60. The van der Waals surface area contributed by atoms with Crippen molar-refractivity contribution in [3.05, 3.63) is 29.8 Å². The smallest absolute Gasteiger partial charge is 0.188 e. The molecule has 0 spiro atoms. The molecule has 0 unspecified atom stereocenters. The van der Waals surface area contributed by atoms with Crippen LogP contribution >= 0.6 is 0 Å². The van der Waals surface area contributed by atoms with Crippen LogP contribution in [0.15, 0.2) is 24.3 Å². The van der Waals surface area contributed by atoms with Crippen molar-refractivity contribution in [3.63, 3.8) is 0 Å². The van der Waals surface area contributed by atoms with Gasteiger partial charge in [0, 0.05) is 19.4 Å². The Morgan fingerprint density at radius 2 is 2.00 bits per heavy atom. The Kier molecular flexibility index (Phi) is 4.37. The predicted octanol–water partition coefficient (Wildman–Crippen LogP) is 3.14. The summed E-state index contributed by atoms with van der Waals surface area (Å²) < 4.78 is 10.2. The first-order valence-corrected chi connectivity index (χ1v) is 6.47. The molecule has 1 saturated carbocycles. The maximum Gasteiger partial charge on any atom is 0.188 e. The number of ether oxygens (including phenoxy) is 2. The number of carbonyl (C=O) groups excluding carboxylic acids is 1. The molecule has 1 aromatic rings. The van der Waals surface area contributed by atoms with Crippen molar-refractivity contribution in [3.8, 4) is 5.75 Å². The summed E-state index contributed by atoms with van der Waals surface area (Å²) in [5.41, 5.74) is 1.24. The van der Waals surface area contributed by atoms with Crippen molar-refractivity contribution in [1.29, 1.82) is 0 Å². The molecule has 0 N–H and O–H groups in total. The van der Waals surface area contributed by atoms with E-state index in [1.54, 1.807) is 7.11 Å². The Bertz CT molecular complexity index is 397. The minimum atomic E-state index is 0.143. The third-order valence-corrected chi connectivity index (χ3v) is 3.70. The van der Waals surface area contributed by atoms with Gasteiger partial charge in [0.1, 0.15) is 11.5 Å². The molecule has 1 fully saturated rings. The molecular formula is C15H20O3. The minimum Gasteiger partial charge on any atom is -0.468 e. The van der Waals surface area contributed by atoms with Gasteiger partial charge in [-0.05, 0) is 36.5 Å². The molecule has 0 aromatic heterocycles. The van der Waals surface area contributed by atoms with Gasteiger partial charge in [-0.2, -0.15) is 0 Å². The predicted molar refractivity (Wildman–Crippen MR) is 69.7 cm³/mol. The highest BCUT2D eigenvalue weighted by Gasteiger charge is 2.28. The zero-order valence-electron chi connectivity index (χ0n) is 11.0. The summed E-state index contributed by atoms with van der Waals surface area (Å²) in [5.74, 6) is 1.70. The van der Waals surface area contributed by atoms with Crippen LogP contribution in [-0.2, 0) is 9.53 Å². The zero-order valence-corrected chi connectivity index (χ0v) is 11.0. The molecule has 98 valence electrons. The molecule has 2 atom stereocenters. The van der Waals surface area contributed by atoms with Crippen LogP contribution in [0, 0.1) is 5.92 Å². The van der Waals surface area contributed by atoms with Gasteiger partial charge in [-0.25, -0.2) is 0 Å². The largest absolute Gasteiger partial charge is 0.468 e. The van der Waals surface area contributed by atoms with Gasteiger partial charge in [0.25, 0.3) is 0 Å². The van der Waals surface area contributed by atoms with Crippen molar-refractivity contribution in [1.82, 2.24) is 0 Å². The van der Waals surface area contributed by atoms with Crippen LogP contribution < -0.4 is 4.74 Å². The normalized spacial score (nSPS) is 24.0. The van der Waals surface area contributed by atoms with Gasteiger partial charge in [0.2, 0.25) is 0 Å². The van der Waals surface area contributed by atoms with Crippen molar-refractivity contribution < 1.29 is 14.3 Å². The quantitative estimate of drug-likeness (QED) is 0.768. The van der Waals surface area contributed by atoms with E-state index in [2.05, 4.69) is 12.1 Å². The summed E-state index contributed by atoms with van der Waals surface area (Å²) in [6.45, 7) is 2.30. The van der Waals surface area contributed by atoms with Crippen LogP contribution in [0.1, 0.15) is 37.7 Å². The van der Waals surface area contributed by atoms with Crippen LogP contribution in [0.4, 0.5) is 0 Å². The number of Topliss-reactive ketones (excluding diaryl/α,β-unsaturated/α-hetero) is 1. The highest BCUT2D eigenvalue weighted by atomic mass is 16.7. The maximum absolute atomic E-state index is 11.7. The SMILES string of the molecule is COCOc1ccc([C@H]2CCCC(=O)[C@@H]2C)cc1. The number of benzene rings is 1. The molecular weight excluding hydrogens is 228 g/mol. The number of rotatable bonds is 4. The highest BCUT2D eigenvalue weighted by molar-refractivity contribution is 5.82. The van der Waals surface area contributed by atoms with E-state index < -0.39 is 0 Å². The Balaban J connectivity index is 2.06. The molecule has 0 saturated heterocycles. The van der Waals surface area contributed by atoms with E-state index in [1.165, 1.54) is 5.56 Å². The third-order valence-electron chi connectivity index (χ3n) is 3.70. The number of ketones is 1. The molecule has 1 aliphatic carbocycles. The second-order valence-corrected chi connectivity index (χ2v) is 4.87. The van der Waals surface area contributed by atoms with Crippen LogP contribution in [0.3, 0.4) is 0 Å². The topological polar surface area (TPSA) is 35.5 Å². The molecule has 2 rings (SSSR count). The fourth-order valence-electron chi connectivity index (χ4n) is 2.59. The van der Waals surface area contributed by atoms with E-state index in [1.807, 2.05) is 19.1 Å².